The number of aryl methyl sites for hydroxylation is 2. The van der Waals surface area contributed by atoms with Gasteiger partial charge in [-0.3, -0.25) is 0 Å². The minimum atomic E-state index is 0. The molecule has 0 aromatic heterocycles. The molecule has 0 aliphatic carbocycles. The van der Waals surface area contributed by atoms with Gasteiger partial charge >= 0.3 is 21.1 Å². The summed E-state index contributed by atoms with van der Waals surface area (Å²) in [6, 6.07) is 29.6. The largest absolute Gasteiger partial charge is 4.00 e. The first kappa shape index (κ1) is 25.3. The summed E-state index contributed by atoms with van der Waals surface area (Å²) in [6.07, 6.45) is 0. The Labute approximate surface area is 224 Å². The fourth-order valence-corrected chi connectivity index (χ4v) is 5.03. The van der Waals surface area contributed by atoms with E-state index in [0.29, 0.717) is 0 Å². The third kappa shape index (κ3) is 4.69. The monoisotopic (exact) mass is 639 g/mol. The van der Waals surface area contributed by atoms with Gasteiger partial charge in [0, 0.05) is 38.6 Å². The summed E-state index contributed by atoms with van der Waals surface area (Å²) in [5.41, 5.74) is 14.9. The minimum Gasteiger partial charge on any atom is -0.379 e. The molecule has 4 bridgehead atoms. The summed E-state index contributed by atoms with van der Waals surface area (Å²) in [5.74, 6) is 0. The van der Waals surface area contributed by atoms with Gasteiger partial charge in [0.25, 0.3) is 0 Å². The molecular formula is C32H32N2Pt+2. The Bertz CT molecular complexity index is 1280. The molecule has 0 spiro atoms. The van der Waals surface area contributed by atoms with Crippen molar-refractivity contribution in [3.63, 3.8) is 0 Å². The van der Waals surface area contributed by atoms with Crippen LogP contribution < -0.4 is 9.80 Å². The molecule has 0 amide bonds. The number of fused-ring (bicyclic) bond motifs is 8. The van der Waals surface area contributed by atoms with Crippen molar-refractivity contribution in [2.24, 2.45) is 0 Å². The SMILES string of the molecule is Cc1cc2[c-]c(c1C)CN(C)c1ccccc1-c1[c-]c(c(C)c(C)c1)CN(C)c1ccccc1-2.[Pt+4]. The number of hydrogen-bond donors (Lipinski definition) is 0. The molecular weight excluding hydrogens is 607 g/mol. The second-order valence-electron chi connectivity index (χ2n) is 9.69. The van der Waals surface area contributed by atoms with Gasteiger partial charge in [0.05, 0.1) is 0 Å². The Balaban J connectivity index is 0.00000289. The van der Waals surface area contributed by atoms with Crippen molar-refractivity contribution in [3.05, 3.63) is 106 Å². The van der Waals surface area contributed by atoms with Crippen LogP contribution in [0.3, 0.4) is 0 Å². The molecule has 0 unspecified atom stereocenters. The van der Waals surface area contributed by atoms with Crippen molar-refractivity contribution in [2.45, 2.75) is 40.8 Å². The van der Waals surface area contributed by atoms with Crippen LogP contribution in [0.2, 0.25) is 0 Å². The van der Waals surface area contributed by atoms with Crippen molar-refractivity contribution in [1.82, 2.24) is 0 Å². The molecule has 35 heavy (non-hydrogen) atoms. The molecule has 0 saturated heterocycles. The Morgan fingerprint density at radius 2 is 0.971 bits per heavy atom. The van der Waals surface area contributed by atoms with Gasteiger partial charge in [-0.1, -0.05) is 75.2 Å². The van der Waals surface area contributed by atoms with Crippen LogP contribution in [0.1, 0.15) is 33.4 Å². The molecule has 0 radical (unpaired) electrons. The molecule has 0 atom stereocenters. The van der Waals surface area contributed by atoms with Crippen LogP contribution in [0.4, 0.5) is 11.4 Å². The zero-order valence-electron chi connectivity index (χ0n) is 21.4. The third-order valence-corrected chi connectivity index (χ3v) is 7.38. The van der Waals surface area contributed by atoms with E-state index in [1.54, 1.807) is 0 Å². The Hall–Kier alpha value is -2.83. The molecule has 1 aliphatic heterocycles. The number of para-hydroxylation sites is 2. The number of nitrogens with zero attached hydrogens (tertiary/aromatic N) is 2. The molecule has 5 rings (SSSR count). The molecule has 0 fully saturated rings. The van der Waals surface area contributed by atoms with Gasteiger partial charge in [0.2, 0.25) is 0 Å². The molecule has 178 valence electrons. The zero-order valence-corrected chi connectivity index (χ0v) is 23.7. The van der Waals surface area contributed by atoms with Crippen molar-refractivity contribution in [2.75, 3.05) is 23.9 Å². The van der Waals surface area contributed by atoms with Crippen molar-refractivity contribution < 1.29 is 21.1 Å². The van der Waals surface area contributed by atoms with Gasteiger partial charge in [-0.2, -0.15) is 0 Å². The molecule has 4 aromatic carbocycles. The molecule has 4 aromatic rings. The van der Waals surface area contributed by atoms with Crippen LogP contribution in [0.15, 0.2) is 60.7 Å². The van der Waals surface area contributed by atoms with Crippen LogP contribution >= 0.6 is 0 Å². The van der Waals surface area contributed by atoms with Gasteiger partial charge in [0.15, 0.2) is 0 Å². The number of hydrogen-bond acceptors (Lipinski definition) is 2. The van der Waals surface area contributed by atoms with Crippen molar-refractivity contribution >= 4 is 11.4 Å². The first-order valence-electron chi connectivity index (χ1n) is 12.0. The molecule has 1 heterocycles. The van der Waals surface area contributed by atoms with E-state index in [4.69, 9.17) is 0 Å². The molecule has 0 N–H and O–H groups in total. The summed E-state index contributed by atoms with van der Waals surface area (Å²) >= 11 is 0. The second-order valence-corrected chi connectivity index (χ2v) is 9.69. The first-order valence-corrected chi connectivity index (χ1v) is 12.0. The summed E-state index contributed by atoms with van der Waals surface area (Å²) in [4.78, 5) is 4.70. The van der Waals surface area contributed by atoms with E-state index in [2.05, 4.69) is 124 Å². The van der Waals surface area contributed by atoms with E-state index in [1.165, 1.54) is 55.9 Å². The van der Waals surface area contributed by atoms with Gasteiger partial charge < -0.3 is 9.80 Å². The average Bonchev–Trinajstić information content (AvgIpc) is 2.84. The van der Waals surface area contributed by atoms with Gasteiger partial charge in [-0.05, 0) is 12.1 Å². The van der Waals surface area contributed by atoms with Crippen LogP contribution in [-0.4, -0.2) is 14.1 Å². The van der Waals surface area contributed by atoms with Crippen LogP contribution in [-0.2, 0) is 34.2 Å². The normalized spacial score (nSPS) is 12.9. The van der Waals surface area contributed by atoms with Crippen LogP contribution in [0.5, 0.6) is 0 Å². The summed E-state index contributed by atoms with van der Waals surface area (Å²) < 4.78 is 0. The molecule has 3 heteroatoms. The van der Waals surface area contributed by atoms with Crippen molar-refractivity contribution in [1.29, 1.82) is 0 Å². The fourth-order valence-electron chi connectivity index (χ4n) is 5.03. The first-order chi connectivity index (χ1) is 16.3. The Morgan fingerprint density at radius 1 is 0.600 bits per heavy atom. The second kappa shape index (κ2) is 10.0. The van der Waals surface area contributed by atoms with Gasteiger partial charge in [0.1, 0.15) is 0 Å². The number of benzene rings is 4. The Kier molecular flexibility index (Phi) is 7.24. The van der Waals surface area contributed by atoms with E-state index >= 15 is 0 Å². The Morgan fingerprint density at radius 3 is 1.37 bits per heavy atom. The summed E-state index contributed by atoms with van der Waals surface area (Å²) in [7, 11) is 4.37. The predicted octanol–water partition coefficient (Wildman–Crippen LogP) is 7.44. The maximum atomic E-state index is 3.80. The average molecular weight is 640 g/mol. The zero-order chi connectivity index (χ0) is 24.0. The quantitative estimate of drug-likeness (QED) is 0.185. The van der Waals surface area contributed by atoms with Crippen LogP contribution in [0, 0.1) is 39.8 Å². The fraction of sp³-hybridized carbons (Fsp3) is 0.250. The minimum absolute atomic E-state index is 0. The molecule has 0 saturated carbocycles. The van der Waals surface area contributed by atoms with Crippen LogP contribution in [0.25, 0.3) is 22.3 Å². The third-order valence-electron chi connectivity index (χ3n) is 7.38. The van der Waals surface area contributed by atoms with E-state index in [-0.39, 0.29) is 21.1 Å². The standard InChI is InChI=1S/C32H32N2.Pt/c1-21-15-25-17-27(23(21)3)19-33(5)32-14-10-8-12-30(32)26-16-22(2)24(4)28(18-26)20-34(6)31-13-9-7-11-29(25)31;/h7-16H,19-20H2,1-6H3;/q-2;+4. The maximum Gasteiger partial charge on any atom is 4.00 e. The topological polar surface area (TPSA) is 6.48 Å². The summed E-state index contributed by atoms with van der Waals surface area (Å²) in [6.45, 7) is 10.5. The summed E-state index contributed by atoms with van der Waals surface area (Å²) in [5, 5.41) is 0. The van der Waals surface area contributed by atoms with E-state index < -0.39 is 0 Å². The van der Waals surface area contributed by atoms with Gasteiger partial charge in [-0.15, -0.1) is 68.8 Å². The van der Waals surface area contributed by atoms with Gasteiger partial charge in [-0.25, -0.2) is 0 Å². The van der Waals surface area contributed by atoms with E-state index in [9.17, 15) is 0 Å². The maximum absolute atomic E-state index is 3.80. The van der Waals surface area contributed by atoms with E-state index in [0.717, 1.165) is 24.2 Å². The van der Waals surface area contributed by atoms with Crippen molar-refractivity contribution in [3.8, 4) is 22.3 Å². The van der Waals surface area contributed by atoms with E-state index in [1.807, 2.05) is 0 Å². The number of anilines is 2. The molecule has 2 nitrogen and oxygen atoms in total. The molecule has 1 aliphatic rings. The smallest absolute Gasteiger partial charge is 0.379 e. The predicted molar refractivity (Wildman–Crippen MR) is 145 cm³/mol. The number of rotatable bonds is 0.